The first-order valence-electron chi connectivity index (χ1n) is 5.60. The lowest BCUT2D eigenvalue weighted by Crippen LogP contribution is -2.22. The number of Topliss-reactive ketones (excluding diaryl/α,β-unsaturated/α-hetero) is 1. The van der Waals surface area contributed by atoms with E-state index in [1.807, 2.05) is 6.07 Å². The summed E-state index contributed by atoms with van der Waals surface area (Å²) in [5, 5.41) is 9.02. The minimum atomic E-state index is -1.12. The molecule has 18 heavy (non-hydrogen) atoms. The van der Waals surface area contributed by atoms with E-state index in [2.05, 4.69) is 0 Å². The third-order valence-corrected chi connectivity index (χ3v) is 3.33. The van der Waals surface area contributed by atoms with Crippen LogP contribution in [0.3, 0.4) is 0 Å². The molecule has 1 aromatic rings. The molecule has 0 saturated carbocycles. The maximum Gasteiger partial charge on any atom is 0.160 e. The Balaban J connectivity index is 2.31. The summed E-state index contributed by atoms with van der Waals surface area (Å²) in [7, 11) is 0. The zero-order valence-corrected chi connectivity index (χ0v) is 10.3. The van der Waals surface area contributed by atoms with Gasteiger partial charge in [-0.2, -0.15) is 5.26 Å². The average molecular weight is 268 g/mol. The average Bonchev–Trinajstić information content (AvgIpc) is 2.89. The number of nitrogens with zero attached hydrogens (tertiary/aromatic N) is 1. The number of benzene rings is 1. The number of hydrogen-bond acceptors (Lipinski definition) is 3. The van der Waals surface area contributed by atoms with Gasteiger partial charge in [-0.05, 0) is 12.5 Å². The highest BCUT2D eigenvalue weighted by Crippen LogP contribution is 2.29. The van der Waals surface area contributed by atoms with Crippen LogP contribution < -0.4 is 0 Å². The molecule has 3 nitrogen and oxygen atoms in total. The quantitative estimate of drug-likeness (QED) is 0.846. The topological polar surface area (TPSA) is 50.1 Å². The number of rotatable bonds is 3. The minimum Gasteiger partial charge on any atom is -0.381 e. The summed E-state index contributed by atoms with van der Waals surface area (Å²) in [5.74, 6) is -2.43. The van der Waals surface area contributed by atoms with Gasteiger partial charge in [-0.15, -0.1) is 0 Å². The Morgan fingerprint density at radius 1 is 1.61 bits per heavy atom. The Labute approximate surface area is 109 Å². The van der Waals surface area contributed by atoms with Crippen molar-refractivity contribution >= 4 is 17.4 Å². The predicted molar refractivity (Wildman–Crippen MR) is 63.7 cm³/mol. The molecular weight excluding hydrogens is 257 g/mol. The summed E-state index contributed by atoms with van der Waals surface area (Å²) >= 11 is 5.66. The fourth-order valence-corrected chi connectivity index (χ4v) is 2.21. The van der Waals surface area contributed by atoms with E-state index in [-0.39, 0.29) is 22.3 Å². The second-order valence-electron chi connectivity index (χ2n) is 4.17. The highest BCUT2D eigenvalue weighted by Gasteiger charge is 2.32. The van der Waals surface area contributed by atoms with E-state index in [0.717, 1.165) is 0 Å². The Morgan fingerprint density at radius 2 is 2.39 bits per heavy atom. The van der Waals surface area contributed by atoms with E-state index in [0.29, 0.717) is 19.6 Å². The third kappa shape index (κ3) is 2.38. The molecule has 2 atom stereocenters. The van der Waals surface area contributed by atoms with Gasteiger partial charge in [-0.3, -0.25) is 4.79 Å². The zero-order valence-electron chi connectivity index (χ0n) is 9.53. The first kappa shape index (κ1) is 13.0. The van der Waals surface area contributed by atoms with Crippen LogP contribution in [0.5, 0.6) is 0 Å². The summed E-state index contributed by atoms with van der Waals surface area (Å²) in [6, 6.07) is 6.20. The van der Waals surface area contributed by atoms with Crippen LogP contribution in [-0.2, 0) is 9.53 Å². The number of halogens is 2. The second kappa shape index (κ2) is 5.47. The van der Waals surface area contributed by atoms with Crippen molar-refractivity contribution in [3.05, 3.63) is 34.6 Å². The molecule has 0 amide bonds. The smallest absolute Gasteiger partial charge is 0.160 e. The number of nitriles is 1. The van der Waals surface area contributed by atoms with Gasteiger partial charge >= 0.3 is 0 Å². The summed E-state index contributed by atoms with van der Waals surface area (Å²) in [5.41, 5.74) is 0.0434. The van der Waals surface area contributed by atoms with Crippen molar-refractivity contribution < 1.29 is 13.9 Å². The Hall–Kier alpha value is -1.44. The molecule has 1 saturated heterocycles. The maximum absolute atomic E-state index is 13.8. The molecule has 5 heteroatoms. The highest BCUT2D eigenvalue weighted by atomic mass is 35.5. The monoisotopic (exact) mass is 267 g/mol. The van der Waals surface area contributed by atoms with Crippen LogP contribution in [0, 0.1) is 23.1 Å². The molecule has 2 unspecified atom stereocenters. The van der Waals surface area contributed by atoms with Gasteiger partial charge in [-0.1, -0.05) is 23.7 Å². The molecule has 0 radical (unpaired) electrons. The van der Waals surface area contributed by atoms with Crippen LogP contribution in [0.1, 0.15) is 17.9 Å². The standard InChI is InChI=1S/C13H11ClFNO2/c14-11-3-1-2-9(12(11)15)10(6-16)13(17)8-4-5-18-7-8/h1-3,8,10H,4-5,7H2. The number of carbonyl (C=O) groups is 1. The summed E-state index contributed by atoms with van der Waals surface area (Å²) < 4.78 is 18.9. The van der Waals surface area contributed by atoms with Crippen molar-refractivity contribution in [1.29, 1.82) is 5.26 Å². The summed E-state index contributed by atoms with van der Waals surface area (Å²) in [6.07, 6.45) is 0.583. The predicted octanol–water partition coefficient (Wildman–Crippen LogP) is 2.69. The number of ketones is 1. The number of carbonyl (C=O) groups excluding carboxylic acids is 1. The first-order chi connectivity index (χ1) is 8.65. The van der Waals surface area contributed by atoms with Crippen LogP contribution in [0.4, 0.5) is 4.39 Å². The van der Waals surface area contributed by atoms with Crippen LogP contribution in [0.15, 0.2) is 18.2 Å². The lowest BCUT2D eigenvalue weighted by Gasteiger charge is -2.13. The molecule has 94 valence electrons. The molecular formula is C13H11ClFNO2. The van der Waals surface area contributed by atoms with Gasteiger partial charge in [-0.25, -0.2) is 4.39 Å². The van der Waals surface area contributed by atoms with E-state index in [1.165, 1.54) is 18.2 Å². The van der Waals surface area contributed by atoms with Gasteiger partial charge in [0.1, 0.15) is 11.7 Å². The first-order valence-corrected chi connectivity index (χ1v) is 5.98. The SMILES string of the molecule is N#CC(C(=O)C1CCOC1)c1cccc(Cl)c1F. The molecule has 1 aromatic carbocycles. The van der Waals surface area contributed by atoms with Crippen molar-refractivity contribution in [3.63, 3.8) is 0 Å². The Kier molecular flexibility index (Phi) is 3.95. The van der Waals surface area contributed by atoms with Gasteiger partial charge in [0.05, 0.1) is 17.7 Å². The molecule has 1 heterocycles. The van der Waals surface area contributed by atoms with E-state index in [4.69, 9.17) is 21.6 Å². The van der Waals surface area contributed by atoms with Crippen LogP contribution in [0.2, 0.25) is 5.02 Å². The van der Waals surface area contributed by atoms with Crippen molar-refractivity contribution in [2.24, 2.45) is 5.92 Å². The Morgan fingerprint density at radius 3 is 3.00 bits per heavy atom. The molecule has 0 bridgehead atoms. The molecule has 0 aromatic heterocycles. The van der Waals surface area contributed by atoms with E-state index < -0.39 is 11.7 Å². The van der Waals surface area contributed by atoms with Gasteiger partial charge in [0.2, 0.25) is 0 Å². The van der Waals surface area contributed by atoms with Crippen molar-refractivity contribution in [2.75, 3.05) is 13.2 Å². The molecule has 0 N–H and O–H groups in total. The fourth-order valence-electron chi connectivity index (χ4n) is 2.02. The van der Waals surface area contributed by atoms with Gasteiger partial charge in [0.25, 0.3) is 0 Å². The lowest BCUT2D eigenvalue weighted by atomic mass is 9.87. The highest BCUT2D eigenvalue weighted by molar-refractivity contribution is 6.30. The number of ether oxygens (including phenoxy) is 1. The minimum absolute atomic E-state index is 0.0434. The number of hydrogen-bond donors (Lipinski definition) is 0. The van der Waals surface area contributed by atoms with Gasteiger partial charge < -0.3 is 4.74 Å². The van der Waals surface area contributed by atoms with E-state index in [1.54, 1.807) is 0 Å². The van der Waals surface area contributed by atoms with Crippen molar-refractivity contribution in [3.8, 4) is 6.07 Å². The van der Waals surface area contributed by atoms with Crippen LogP contribution >= 0.6 is 11.6 Å². The van der Waals surface area contributed by atoms with Crippen LogP contribution in [0.25, 0.3) is 0 Å². The van der Waals surface area contributed by atoms with E-state index >= 15 is 0 Å². The second-order valence-corrected chi connectivity index (χ2v) is 4.58. The van der Waals surface area contributed by atoms with Gasteiger partial charge in [0, 0.05) is 18.1 Å². The normalized spacial score (nSPS) is 20.4. The largest absolute Gasteiger partial charge is 0.381 e. The maximum atomic E-state index is 13.8. The molecule has 2 rings (SSSR count). The molecule has 1 aliphatic heterocycles. The van der Waals surface area contributed by atoms with Crippen molar-refractivity contribution in [2.45, 2.75) is 12.3 Å². The van der Waals surface area contributed by atoms with Crippen molar-refractivity contribution in [1.82, 2.24) is 0 Å². The van der Waals surface area contributed by atoms with Gasteiger partial charge in [0.15, 0.2) is 5.78 Å². The zero-order chi connectivity index (χ0) is 13.1. The summed E-state index contributed by atoms with van der Waals surface area (Å²) in [6.45, 7) is 0.811. The third-order valence-electron chi connectivity index (χ3n) is 3.04. The van der Waals surface area contributed by atoms with Crippen LogP contribution in [-0.4, -0.2) is 19.0 Å². The molecule has 1 fully saturated rings. The molecule has 0 spiro atoms. The lowest BCUT2D eigenvalue weighted by molar-refractivity contribution is -0.123. The molecule has 1 aliphatic rings. The Bertz CT molecular complexity index is 506. The molecule has 0 aliphatic carbocycles. The summed E-state index contributed by atoms with van der Waals surface area (Å²) in [4.78, 5) is 12.1. The van der Waals surface area contributed by atoms with E-state index in [9.17, 15) is 9.18 Å². The fraction of sp³-hybridized carbons (Fsp3) is 0.385.